The summed E-state index contributed by atoms with van der Waals surface area (Å²) in [6.07, 6.45) is 5.98. The number of hydrogen-bond acceptors (Lipinski definition) is 5. The maximum absolute atomic E-state index is 12.2. The standard InChI is InChI=1S/C17H22O5/c1-3-12(9-18)7-8-13-10-21-16(19)14-5-4-6-15(14)17(20)22-11(13)2/h3,7,14-15,18H,1,4-6,8-10H2,2H3/b12-7?,13-11-. The molecule has 0 aromatic rings. The SMILES string of the molecule is C=CC(=CC/C1=C(\C)OC(=O)C2CCCC2C(=O)OC1)CO. The number of hydrogen-bond donors (Lipinski definition) is 1. The van der Waals surface area contributed by atoms with Gasteiger partial charge in [-0.3, -0.25) is 9.59 Å². The zero-order chi connectivity index (χ0) is 16.1. The largest absolute Gasteiger partial charge is 0.461 e. The highest BCUT2D eigenvalue weighted by Gasteiger charge is 2.41. The van der Waals surface area contributed by atoms with E-state index >= 15 is 0 Å². The summed E-state index contributed by atoms with van der Waals surface area (Å²) in [5, 5.41) is 9.13. The van der Waals surface area contributed by atoms with Crippen molar-refractivity contribution >= 4 is 11.9 Å². The molecule has 1 fully saturated rings. The lowest BCUT2D eigenvalue weighted by molar-refractivity contribution is -0.155. The number of cyclic esters (lactones) is 2. The van der Waals surface area contributed by atoms with Gasteiger partial charge in [-0.15, -0.1) is 0 Å². The Morgan fingerprint density at radius 3 is 2.64 bits per heavy atom. The van der Waals surface area contributed by atoms with Crippen molar-refractivity contribution < 1.29 is 24.2 Å². The molecule has 1 saturated carbocycles. The lowest BCUT2D eigenvalue weighted by atomic mass is 9.96. The topological polar surface area (TPSA) is 72.8 Å². The van der Waals surface area contributed by atoms with E-state index in [2.05, 4.69) is 6.58 Å². The average molecular weight is 306 g/mol. The number of allylic oxidation sites excluding steroid dienone is 2. The van der Waals surface area contributed by atoms with Crippen molar-refractivity contribution in [1.82, 2.24) is 0 Å². The minimum Gasteiger partial charge on any atom is -0.461 e. The Bertz CT molecular complexity index is 529. The van der Waals surface area contributed by atoms with Gasteiger partial charge in [-0.05, 0) is 31.8 Å². The number of esters is 2. The maximum Gasteiger partial charge on any atom is 0.314 e. The van der Waals surface area contributed by atoms with Crippen LogP contribution in [0.1, 0.15) is 32.6 Å². The molecular weight excluding hydrogens is 284 g/mol. The van der Waals surface area contributed by atoms with E-state index in [1.807, 2.05) is 0 Å². The van der Waals surface area contributed by atoms with Gasteiger partial charge < -0.3 is 14.6 Å². The number of fused-ring (bicyclic) bond motifs is 1. The molecule has 0 radical (unpaired) electrons. The highest BCUT2D eigenvalue weighted by atomic mass is 16.6. The quantitative estimate of drug-likeness (QED) is 0.637. The molecule has 0 bridgehead atoms. The minimum absolute atomic E-state index is 0.105. The molecule has 1 heterocycles. The fourth-order valence-corrected chi connectivity index (χ4v) is 2.86. The molecule has 22 heavy (non-hydrogen) atoms. The Labute approximate surface area is 130 Å². The van der Waals surface area contributed by atoms with E-state index in [9.17, 15) is 9.59 Å². The van der Waals surface area contributed by atoms with Gasteiger partial charge in [-0.2, -0.15) is 0 Å². The summed E-state index contributed by atoms with van der Waals surface area (Å²) in [5.74, 6) is -0.953. The van der Waals surface area contributed by atoms with Crippen LogP contribution >= 0.6 is 0 Å². The minimum atomic E-state index is -0.390. The zero-order valence-electron chi connectivity index (χ0n) is 12.8. The van der Waals surface area contributed by atoms with E-state index in [0.717, 1.165) is 12.0 Å². The highest BCUT2D eigenvalue weighted by molar-refractivity contribution is 5.83. The number of ether oxygens (including phenoxy) is 2. The van der Waals surface area contributed by atoms with Crippen molar-refractivity contribution in [1.29, 1.82) is 0 Å². The van der Waals surface area contributed by atoms with Crippen molar-refractivity contribution in [2.45, 2.75) is 32.6 Å². The van der Waals surface area contributed by atoms with Gasteiger partial charge in [0.1, 0.15) is 12.4 Å². The van der Waals surface area contributed by atoms with Crippen LogP contribution in [0.15, 0.2) is 35.6 Å². The summed E-state index contributed by atoms with van der Waals surface area (Å²) in [6, 6.07) is 0. The van der Waals surface area contributed by atoms with Crippen LogP contribution in [0.5, 0.6) is 0 Å². The molecular formula is C17H22O5. The summed E-state index contributed by atoms with van der Waals surface area (Å²) in [6.45, 7) is 5.31. The van der Waals surface area contributed by atoms with Crippen LogP contribution in [-0.2, 0) is 19.1 Å². The number of aliphatic hydroxyl groups is 1. The van der Waals surface area contributed by atoms with Gasteiger partial charge in [0.15, 0.2) is 0 Å². The summed E-state index contributed by atoms with van der Waals surface area (Å²) < 4.78 is 10.8. The van der Waals surface area contributed by atoms with E-state index in [0.29, 0.717) is 30.6 Å². The first-order valence-corrected chi connectivity index (χ1v) is 7.56. The second kappa shape index (κ2) is 7.40. The van der Waals surface area contributed by atoms with E-state index in [4.69, 9.17) is 14.6 Å². The fourth-order valence-electron chi connectivity index (χ4n) is 2.86. The molecule has 2 aliphatic rings. The van der Waals surface area contributed by atoms with Crippen LogP contribution in [0.2, 0.25) is 0 Å². The number of carbonyl (C=O) groups is 2. The molecule has 120 valence electrons. The second-order valence-corrected chi connectivity index (χ2v) is 5.68. The van der Waals surface area contributed by atoms with E-state index in [1.165, 1.54) is 0 Å². The number of carbonyl (C=O) groups excluding carboxylic acids is 2. The summed E-state index contributed by atoms with van der Waals surface area (Å²) >= 11 is 0. The van der Waals surface area contributed by atoms with Crippen LogP contribution in [0.4, 0.5) is 0 Å². The molecule has 2 rings (SSSR count). The molecule has 1 N–H and O–H groups in total. The van der Waals surface area contributed by atoms with E-state index < -0.39 is 5.92 Å². The summed E-state index contributed by atoms with van der Waals surface area (Å²) in [7, 11) is 0. The molecule has 5 nitrogen and oxygen atoms in total. The predicted octanol–water partition coefficient (Wildman–Crippen LogP) is 2.27. The molecule has 2 unspecified atom stereocenters. The third-order valence-electron chi connectivity index (χ3n) is 4.32. The van der Waals surface area contributed by atoms with Crippen LogP contribution in [0, 0.1) is 11.8 Å². The molecule has 0 spiro atoms. The van der Waals surface area contributed by atoms with Gasteiger partial charge in [0.2, 0.25) is 0 Å². The first kappa shape index (κ1) is 16.5. The Kier molecular flexibility index (Phi) is 5.55. The summed E-state index contributed by atoms with van der Waals surface area (Å²) in [4.78, 5) is 24.3. The average Bonchev–Trinajstić information content (AvgIpc) is 3.00. The third-order valence-corrected chi connectivity index (χ3v) is 4.32. The fraction of sp³-hybridized carbons (Fsp3) is 0.529. The van der Waals surface area contributed by atoms with Crippen molar-refractivity contribution in [2.24, 2.45) is 11.8 Å². The molecule has 0 saturated heterocycles. The Morgan fingerprint density at radius 1 is 1.32 bits per heavy atom. The van der Waals surface area contributed by atoms with Gasteiger partial charge in [0.05, 0.1) is 18.4 Å². The van der Waals surface area contributed by atoms with E-state index in [1.54, 1.807) is 19.1 Å². The lowest BCUT2D eigenvalue weighted by Gasteiger charge is -2.14. The van der Waals surface area contributed by atoms with E-state index in [-0.39, 0.29) is 31.1 Å². The molecule has 2 atom stereocenters. The Balaban J connectivity index is 2.19. The van der Waals surface area contributed by atoms with Crippen molar-refractivity contribution in [3.8, 4) is 0 Å². The maximum atomic E-state index is 12.2. The Morgan fingerprint density at radius 2 is 2.00 bits per heavy atom. The van der Waals surface area contributed by atoms with Crippen LogP contribution < -0.4 is 0 Å². The molecule has 5 heteroatoms. The Hall–Kier alpha value is -1.88. The smallest absolute Gasteiger partial charge is 0.314 e. The van der Waals surface area contributed by atoms with Crippen LogP contribution in [0.25, 0.3) is 0 Å². The van der Waals surface area contributed by atoms with Crippen LogP contribution in [0.3, 0.4) is 0 Å². The van der Waals surface area contributed by atoms with Gasteiger partial charge in [-0.25, -0.2) is 0 Å². The third kappa shape index (κ3) is 3.65. The molecule has 0 aromatic carbocycles. The van der Waals surface area contributed by atoms with Crippen molar-refractivity contribution in [3.05, 3.63) is 35.6 Å². The van der Waals surface area contributed by atoms with Gasteiger partial charge >= 0.3 is 11.9 Å². The molecule has 1 aliphatic heterocycles. The molecule has 0 amide bonds. The number of aliphatic hydroxyl groups excluding tert-OH is 1. The monoisotopic (exact) mass is 306 g/mol. The summed E-state index contributed by atoms with van der Waals surface area (Å²) in [5.41, 5.74) is 1.39. The first-order valence-electron chi connectivity index (χ1n) is 7.56. The predicted molar refractivity (Wildman–Crippen MR) is 80.6 cm³/mol. The van der Waals surface area contributed by atoms with Crippen LogP contribution in [-0.4, -0.2) is 30.3 Å². The van der Waals surface area contributed by atoms with Crippen molar-refractivity contribution in [3.63, 3.8) is 0 Å². The number of rotatable bonds is 4. The second-order valence-electron chi connectivity index (χ2n) is 5.68. The van der Waals surface area contributed by atoms with Gasteiger partial charge in [0.25, 0.3) is 0 Å². The molecule has 0 aromatic heterocycles. The lowest BCUT2D eigenvalue weighted by Crippen LogP contribution is -2.27. The van der Waals surface area contributed by atoms with Gasteiger partial charge in [-0.1, -0.05) is 25.2 Å². The molecule has 1 aliphatic carbocycles. The zero-order valence-corrected chi connectivity index (χ0v) is 12.8. The highest BCUT2D eigenvalue weighted by Crippen LogP contribution is 2.35. The van der Waals surface area contributed by atoms with Gasteiger partial charge in [0, 0.05) is 5.57 Å². The van der Waals surface area contributed by atoms with Crippen molar-refractivity contribution in [2.75, 3.05) is 13.2 Å². The first-order chi connectivity index (χ1) is 10.6. The normalized spacial score (nSPS) is 29.8.